The Kier molecular flexibility index (Phi) is 12.2. The summed E-state index contributed by atoms with van der Waals surface area (Å²) in [5, 5.41) is 44.8. The molecule has 0 aliphatic heterocycles. The molecule has 15 nitrogen and oxygen atoms in total. The highest BCUT2D eigenvalue weighted by Gasteiger charge is 2.31. The number of phenolic OH excluding ortho intramolecular Hbond substituents is 2. The first-order valence-electron chi connectivity index (χ1n) is 12.7. The number of primary amides is 1. The summed E-state index contributed by atoms with van der Waals surface area (Å²) in [4.78, 5) is 73.3. The van der Waals surface area contributed by atoms with Crippen LogP contribution in [0.4, 0.5) is 0 Å². The molecule has 0 saturated carbocycles. The summed E-state index contributed by atoms with van der Waals surface area (Å²) in [7, 11) is 0. The van der Waals surface area contributed by atoms with Crippen molar-refractivity contribution in [1.29, 1.82) is 0 Å². The molecule has 2 aromatic carbocycles. The Morgan fingerprint density at radius 1 is 0.667 bits per heavy atom. The van der Waals surface area contributed by atoms with Crippen LogP contribution in [0.3, 0.4) is 0 Å². The number of hydrogen-bond acceptors (Lipinski definition) is 9. The van der Waals surface area contributed by atoms with E-state index >= 15 is 0 Å². The lowest BCUT2D eigenvalue weighted by molar-refractivity contribution is -0.143. The van der Waals surface area contributed by atoms with Gasteiger partial charge in [0.1, 0.15) is 29.6 Å². The third kappa shape index (κ3) is 11.1. The fraction of sp³-hybridized carbons (Fsp3) is 0.333. The average molecular weight is 588 g/mol. The van der Waals surface area contributed by atoms with Gasteiger partial charge in [0.25, 0.3) is 0 Å². The van der Waals surface area contributed by atoms with Crippen molar-refractivity contribution in [2.45, 2.75) is 56.3 Å². The largest absolute Gasteiger partial charge is 0.508 e. The number of rotatable bonds is 16. The number of amides is 4. The van der Waals surface area contributed by atoms with Crippen molar-refractivity contribution in [3.63, 3.8) is 0 Å². The molecule has 0 radical (unpaired) electrons. The molecule has 0 aliphatic carbocycles. The Hall–Kier alpha value is -5.18. The lowest BCUT2D eigenvalue weighted by Gasteiger charge is -2.25. The van der Waals surface area contributed by atoms with Crippen LogP contribution in [0.25, 0.3) is 0 Å². The van der Waals surface area contributed by atoms with E-state index in [0.29, 0.717) is 11.1 Å². The number of carboxylic acids is 2. The average Bonchev–Trinajstić information content (AvgIpc) is 2.91. The van der Waals surface area contributed by atoms with Crippen molar-refractivity contribution in [3.05, 3.63) is 59.7 Å². The Balaban J connectivity index is 2.27. The van der Waals surface area contributed by atoms with Crippen molar-refractivity contribution >= 4 is 35.6 Å². The third-order valence-corrected chi connectivity index (χ3v) is 6.04. The van der Waals surface area contributed by atoms with E-state index < -0.39 is 79.0 Å². The zero-order valence-electron chi connectivity index (χ0n) is 22.4. The molecule has 0 bridgehead atoms. The van der Waals surface area contributed by atoms with E-state index in [-0.39, 0.29) is 24.3 Å². The molecule has 2 aromatic rings. The van der Waals surface area contributed by atoms with Gasteiger partial charge in [-0.05, 0) is 41.8 Å². The van der Waals surface area contributed by atoms with E-state index in [1.807, 2.05) is 0 Å². The Bertz CT molecular complexity index is 1280. The first-order valence-corrected chi connectivity index (χ1v) is 12.7. The Morgan fingerprint density at radius 3 is 1.55 bits per heavy atom. The van der Waals surface area contributed by atoms with Gasteiger partial charge >= 0.3 is 11.9 Å². The molecule has 0 fully saturated rings. The van der Waals surface area contributed by atoms with Crippen LogP contribution in [0.15, 0.2) is 48.5 Å². The van der Waals surface area contributed by atoms with E-state index in [1.54, 1.807) is 0 Å². The first kappa shape index (κ1) is 33.0. The molecule has 4 amide bonds. The molecule has 11 N–H and O–H groups in total. The van der Waals surface area contributed by atoms with Gasteiger partial charge in [0.15, 0.2) is 0 Å². The van der Waals surface area contributed by atoms with Gasteiger partial charge < -0.3 is 47.8 Å². The molecule has 2 rings (SSSR count). The molecule has 0 aliphatic rings. The lowest BCUT2D eigenvalue weighted by Crippen LogP contribution is -2.58. The SMILES string of the molecule is NC(=O)CC(N)C(=O)NC(Cc1ccc(O)cc1)C(=O)NC(CCC(=O)O)C(=O)NC(Cc1ccc(O)cc1)C(=O)O. The normalized spacial score (nSPS) is 13.5. The van der Waals surface area contributed by atoms with Crippen LogP contribution in [0.5, 0.6) is 11.5 Å². The smallest absolute Gasteiger partial charge is 0.326 e. The number of phenols is 2. The van der Waals surface area contributed by atoms with Gasteiger partial charge in [-0.3, -0.25) is 24.0 Å². The number of benzene rings is 2. The molecule has 226 valence electrons. The van der Waals surface area contributed by atoms with Crippen LogP contribution in [-0.4, -0.2) is 80.2 Å². The van der Waals surface area contributed by atoms with Gasteiger partial charge in [0.2, 0.25) is 23.6 Å². The van der Waals surface area contributed by atoms with E-state index in [9.17, 15) is 44.1 Å². The van der Waals surface area contributed by atoms with Crippen LogP contribution < -0.4 is 27.4 Å². The summed E-state index contributed by atoms with van der Waals surface area (Å²) >= 11 is 0. The summed E-state index contributed by atoms with van der Waals surface area (Å²) in [6, 6.07) is 5.46. The highest BCUT2D eigenvalue weighted by molar-refractivity contribution is 5.95. The minimum absolute atomic E-state index is 0.0457. The van der Waals surface area contributed by atoms with E-state index in [4.69, 9.17) is 16.6 Å². The van der Waals surface area contributed by atoms with Crippen LogP contribution in [0, 0.1) is 0 Å². The number of aliphatic carboxylic acids is 2. The summed E-state index contributed by atoms with van der Waals surface area (Å²) < 4.78 is 0. The van der Waals surface area contributed by atoms with Gasteiger partial charge in [-0.1, -0.05) is 24.3 Å². The molecular formula is C27H33N5O10. The molecule has 0 spiro atoms. The molecule has 42 heavy (non-hydrogen) atoms. The standard InChI is InChI=1S/C27H33N5O10/c28-18(13-22(29)35)24(38)31-20(11-14-1-5-16(33)6-2-14)26(40)30-19(9-10-23(36)37)25(39)32-21(27(41)42)12-15-3-7-17(34)8-4-15/h1-8,18-21,33-34H,9-13,28H2,(H2,29,35)(H,30,40)(H,31,38)(H,32,39)(H,36,37)(H,41,42). The number of carboxylic acid groups (broad SMARTS) is 2. The number of nitrogens with one attached hydrogen (secondary N) is 3. The van der Waals surface area contributed by atoms with Gasteiger partial charge in [-0.25, -0.2) is 4.79 Å². The van der Waals surface area contributed by atoms with Crippen molar-refractivity contribution in [2.75, 3.05) is 0 Å². The van der Waals surface area contributed by atoms with Gasteiger partial charge in [-0.2, -0.15) is 0 Å². The number of hydrogen-bond donors (Lipinski definition) is 9. The fourth-order valence-corrected chi connectivity index (χ4v) is 3.81. The third-order valence-electron chi connectivity index (χ3n) is 6.04. The fourth-order valence-electron chi connectivity index (χ4n) is 3.81. The number of aromatic hydroxyl groups is 2. The van der Waals surface area contributed by atoms with Gasteiger partial charge in [0, 0.05) is 19.3 Å². The number of carbonyl (C=O) groups excluding carboxylic acids is 4. The van der Waals surface area contributed by atoms with E-state index in [2.05, 4.69) is 16.0 Å². The first-order chi connectivity index (χ1) is 19.7. The molecule has 4 atom stereocenters. The van der Waals surface area contributed by atoms with Crippen LogP contribution in [-0.2, 0) is 41.6 Å². The molecular weight excluding hydrogens is 554 g/mol. The zero-order chi connectivity index (χ0) is 31.4. The summed E-state index contributed by atoms with van der Waals surface area (Å²) in [6.45, 7) is 0. The van der Waals surface area contributed by atoms with E-state index in [1.165, 1.54) is 48.5 Å². The van der Waals surface area contributed by atoms with Crippen molar-refractivity contribution in [1.82, 2.24) is 16.0 Å². The van der Waals surface area contributed by atoms with Crippen molar-refractivity contribution < 1.29 is 49.2 Å². The second-order valence-electron chi connectivity index (χ2n) is 9.47. The topological polar surface area (TPSA) is 271 Å². The number of carbonyl (C=O) groups is 6. The minimum atomic E-state index is -1.52. The monoisotopic (exact) mass is 587 g/mol. The molecule has 0 saturated heterocycles. The zero-order valence-corrected chi connectivity index (χ0v) is 22.4. The predicted molar refractivity (Wildman–Crippen MR) is 146 cm³/mol. The lowest BCUT2D eigenvalue weighted by atomic mass is 10.0. The molecule has 15 heteroatoms. The Labute approximate surface area is 239 Å². The highest BCUT2D eigenvalue weighted by atomic mass is 16.4. The summed E-state index contributed by atoms with van der Waals surface area (Å²) in [6.07, 6.45) is -1.84. The minimum Gasteiger partial charge on any atom is -0.508 e. The Morgan fingerprint density at radius 2 is 1.10 bits per heavy atom. The quantitative estimate of drug-likeness (QED) is 0.109. The summed E-state index contributed by atoms with van der Waals surface area (Å²) in [5.41, 5.74) is 11.7. The maximum Gasteiger partial charge on any atom is 0.326 e. The van der Waals surface area contributed by atoms with Gasteiger partial charge in [0.05, 0.1) is 12.5 Å². The highest BCUT2D eigenvalue weighted by Crippen LogP contribution is 2.14. The summed E-state index contributed by atoms with van der Waals surface area (Å²) in [5.74, 6) is -6.47. The number of nitrogens with two attached hydrogens (primary N) is 2. The second-order valence-corrected chi connectivity index (χ2v) is 9.47. The van der Waals surface area contributed by atoms with Crippen molar-refractivity contribution in [2.24, 2.45) is 11.5 Å². The van der Waals surface area contributed by atoms with E-state index in [0.717, 1.165) is 0 Å². The van der Waals surface area contributed by atoms with Gasteiger partial charge in [-0.15, -0.1) is 0 Å². The maximum absolute atomic E-state index is 13.3. The predicted octanol–water partition coefficient (Wildman–Crippen LogP) is -1.51. The maximum atomic E-state index is 13.3. The van der Waals surface area contributed by atoms with Crippen molar-refractivity contribution in [3.8, 4) is 11.5 Å². The van der Waals surface area contributed by atoms with Crippen LogP contribution in [0.1, 0.15) is 30.4 Å². The molecule has 4 unspecified atom stereocenters. The molecule has 0 aromatic heterocycles. The molecule has 0 heterocycles. The second kappa shape index (κ2) is 15.6. The van der Waals surface area contributed by atoms with Crippen LogP contribution in [0.2, 0.25) is 0 Å². The van der Waals surface area contributed by atoms with Crippen LogP contribution >= 0.6 is 0 Å².